The van der Waals surface area contributed by atoms with Crippen molar-refractivity contribution in [2.24, 2.45) is 0 Å². The number of aliphatic hydroxyl groups is 1. The standard InChI is InChI=1S/C35H51ClO8/c1-6-10-19-41-31-32(42-20-11-7-2)34(24-37,25-38)44-35(39-5,33(31)43-21-12-8-3)28-15-18-30(36)27(23-28)22-26-13-16-29(17-14-26)40-9-4/h13-18,23-24,31-33,38H,6-12,19-22,25H2,1-5H3/t31-,32-,33+,34-,35-/m0/s1. The summed E-state index contributed by atoms with van der Waals surface area (Å²) in [5, 5.41) is 11.3. The highest BCUT2D eigenvalue weighted by Gasteiger charge is 2.64. The molecule has 0 unspecified atom stereocenters. The summed E-state index contributed by atoms with van der Waals surface area (Å²) in [6.07, 6.45) is 3.80. The van der Waals surface area contributed by atoms with Crippen LogP contribution in [0.2, 0.25) is 5.02 Å². The number of hydrogen-bond acceptors (Lipinski definition) is 8. The quantitative estimate of drug-likeness (QED) is 0.128. The summed E-state index contributed by atoms with van der Waals surface area (Å²) < 4.78 is 37.9. The monoisotopic (exact) mass is 634 g/mol. The molecule has 9 heteroatoms. The number of carbonyl (C=O) groups excluding carboxylic acids is 1. The van der Waals surface area contributed by atoms with E-state index in [0.29, 0.717) is 49.7 Å². The van der Waals surface area contributed by atoms with E-state index in [0.717, 1.165) is 55.4 Å². The minimum atomic E-state index is -1.76. The fourth-order valence-corrected chi connectivity index (χ4v) is 5.69. The molecule has 5 atom stereocenters. The molecule has 1 fully saturated rings. The number of benzene rings is 2. The SMILES string of the molecule is CCCCO[C@@H]1[C@@H](OCCCC)[C@](OC)(c2ccc(Cl)c(Cc3ccc(OCC)cc3)c2)O[C@@](C=O)(CO)[C@H]1OCCCC. The molecule has 3 rings (SSSR count). The Morgan fingerprint density at radius 2 is 1.50 bits per heavy atom. The molecule has 44 heavy (non-hydrogen) atoms. The van der Waals surface area contributed by atoms with Gasteiger partial charge in [0.2, 0.25) is 5.79 Å². The zero-order valence-corrected chi connectivity index (χ0v) is 27.8. The van der Waals surface area contributed by atoms with Gasteiger partial charge in [-0.05, 0) is 68.0 Å². The largest absolute Gasteiger partial charge is 0.494 e. The van der Waals surface area contributed by atoms with Gasteiger partial charge in [0.05, 0.1) is 13.2 Å². The third-order valence-electron chi connectivity index (χ3n) is 8.02. The molecule has 0 aliphatic carbocycles. The number of rotatable bonds is 20. The number of aliphatic hydroxyl groups excluding tert-OH is 1. The summed E-state index contributed by atoms with van der Waals surface area (Å²) in [7, 11) is 1.52. The lowest BCUT2D eigenvalue weighted by molar-refractivity contribution is -0.398. The van der Waals surface area contributed by atoms with Gasteiger partial charge in [-0.25, -0.2) is 0 Å². The van der Waals surface area contributed by atoms with Crippen LogP contribution in [0, 0.1) is 0 Å². The predicted octanol–water partition coefficient (Wildman–Crippen LogP) is 6.64. The van der Waals surface area contributed by atoms with Crippen LogP contribution in [0.5, 0.6) is 5.75 Å². The predicted molar refractivity (Wildman–Crippen MR) is 171 cm³/mol. The zero-order valence-electron chi connectivity index (χ0n) is 27.0. The van der Waals surface area contributed by atoms with Crippen molar-refractivity contribution in [1.29, 1.82) is 0 Å². The Morgan fingerprint density at radius 3 is 2.05 bits per heavy atom. The molecule has 0 amide bonds. The topological polar surface area (TPSA) is 92.7 Å². The second kappa shape index (κ2) is 18.2. The van der Waals surface area contributed by atoms with Gasteiger partial charge in [-0.2, -0.15) is 0 Å². The molecular formula is C35H51ClO8. The van der Waals surface area contributed by atoms with Crippen LogP contribution in [-0.4, -0.2) is 75.4 Å². The van der Waals surface area contributed by atoms with E-state index in [-0.39, 0.29) is 0 Å². The third kappa shape index (κ3) is 8.60. The average molecular weight is 635 g/mol. The van der Waals surface area contributed by atoms with Crippen LogP contribution in [0.4, 0.5) is 0 Å². The first-order valence-electron chi connectivity index (χ1n) is 16.1. The number of unbranched alkanes of at least 4 members (excludes halogenated alkanes) is 3. The smallest absolute Gasteiger partial charge is 0.225 e. The highest BCUT2D eigenvalue weighted by molar-refractivity contribution is 6.31. The van der Waals surface area contributed by atoms with E-state index < -0.39 is 36.3 Å². The van der Waals surface area contributed by atoms with Gasteiger partial charge in [0, 0.05) is 37.5 Å². The van der Waals surface area contributed by atoms with Gasteiger partial charge >= 0.3 is 0 Å². The summed E-state index contributed by atoms with van der Waals surface area (Å²) in [6.45, 7) is 9.38. The Bertz CT molecular complexity index is 1130. The maximum absolute atomic E-state index is 12.9. The van der Waals surface area contributed by atoms with Crippen LogP contribution < -0.4 is 4.74 Å². The third-order valence-corrected chi connectivity index (χ3v) is 8.39. The molecule has 1 saturated heterocycles. The molecule has 1 aliphatic heterocycles. The first-order chi connectivity index (χ1) is 21.4. The normalized spacial score (nSPS) is 25.2. The Labute approximate surface area is 268 Å². The van der Waals surface area contributed by atoms with Gasteiger partial charge in [-0.3, -0.25) is 4.79 Å². The summed E-state index contributed by atoms with van der Waals surface area (Å²) in [4.78, 5) is 12.9. The van der Waals surface area contributed by atoms with Crippen LogP contribution in [0.25, 0.3) is 0 Å². The first kappa shape index (κ1) is 36.4. The number of ether oxygens (including phenoxy) is 6. The van der Waals surface area contributed by atoms with Crippen molar-refractivity contribution in [2.45, 2.75) is 102 Å². The minimum absolute atomic E-state index is 0.378. The molecule has 1 aliphatic rings. The molecule has 2 aromatic carbocycles. The lowest BCUT2D eigenvalue weighted by Crippen LogP contribution is -2.72. The van der Waals surface area contributed by atoms with Gasteiger partial charge in [0.1, 0.15) is 24.1 Å². The number of halogens is 1. The molecule has 1 N–H and O–H groups in total. The molecule has 2 aromatic rings. The Morgan fingerprint density at radius 1 is 0.886 bits per heavy atom. The maximum Gasteiger partial charge on any atom is 0.225 e. The van der Waals surface area contributed by atoms with E-state index in [1.165, 1.54) is 7.11 Å². The van der Waals surface area contributed by atoms with Gasteiger partial charge in [0.15, 0.2) is 11.9 Å². The summed E-state index contributed by atoms with van der Waals surface area (Å²) in [5.41, 5.74) is 0.718. The molecule has 1 heterocycles. The molecule has 0 radical (unpaired) electrons. The fraction of sp³-hybridized carbons (Fsp3) is 0.629. The number of hydrogen-bond donors (Lipinski definition) is 1. The number of aldehydes is 1. The van der Waals surface area contributed by atoms with Crippen LogP contribution in [0.3, 0.4) is 0 Å². The number of carbonyl (C=O) groups is 1. The van der Waals surface area contributed by atoms with Crippen molar-refractivity contribution >= 4 is 17.9 Å². The maximum atomic E-state index is 12.9. The highest BCUT2D eigenvalue weighted by atomic mass is 35.5. The van der Waals surface area contributed by atoms with E-state index in [1.807, 2.05) is 43.3 Å². The molecule has 0 spiro atoms. The first-order valence-corrected chi connectivity index (χ1v) is 16.4. The highest BCUT2D eigenvalue weighted by Crippen LogP contribution is 2.47. The summed E-state index contributed by atoms with van der Waals surface area (Å²) in [5.74, 6) is -0.812. The van der Waals surface area contributed by atoms with Crippen LogP contribution in [-0.2, 0) is 40.7 Å². The lowest BCUT2D eigenvalue weighted by atomic mass is 9.80. The second-order valence-corrected chi connectivity index (χ2v) is 11.7. The van der Waals surface area contributed by atoms with Crippen molar-refractivity contribution in [1.82, 2.24) is 0 Å². The Balaban J connectivity index is 2.14. The molecule has 8 nitrogen and oxygen atoms in total. The van der Waals surface area contributed by atoms with Crippen molar-refractivity contribution < 1.29 is 38.3 Å². The van der Waals surface area contributed by atoms with E-state index in [2.05, 4.69) is 20.8 Å². The Kier molecular flexibility index (Phi) is 15.1. The van der Waals surface area contributed by atoms with Gasteiger partial charge in [-0.1, -0.05) is 69.8 Å². The van der Waals surface area contributed by atoms with E-state index in [1.54, 1.807) is 6.07 Å². The van der Waals surface area contributed by atoms with E-state index in [4.69, 9.17) is 40.0 Å². The molecule has 246 valence electrons. The van der Waals surface area contributed by atoms with Crippen LogP contribution in [0.1, 0.15) is 82.9 Å². The van der Waals surface area contributed by atoms with Crippen molar-refractivity contribution in [3.63, 3.8) is 0 Å². The van der Waals surface area contributed by atoms with Crippen LogP contribution >= 0.6 is 11.6 Å². The summed E-state index contributed by atoms with van der Waals surface area (Å²) >= 11 is 6.73. The van der Waals surface area contributed by atoms with Crippen LogP contribution in [0.15, 0.2) is 42.5 Å². The molecular weight excluding hydrogens is 584 g/mol. The molecule has 0 bridgehead atoms. The minimum Gasteiger partial charge on any atom is -0.494 e. The summed E-state index contributed by atoms with van der Waals surface area (Å²) in [6, 6.07) is 13.4. The van der Waals surface area contributed by atoms with Crippen molar-refractivity contribution in [3.8, 4) is 5.75 Å². The fourth-order valence-electron chi connectivity index (χ4n) is 5.51. The Hall–Kier alpha value is -2.04. The van der Waals surface area contributed by atoms with Gasteiger partial charge < -0.3 is 33.5 Å². The van der Waals surface area contributed by atoms with Gasteiger partial charge in [0.25, 0.3) is 0 Å². The van der Waals surface area contributed by atoms with E-state index in [9.17, 15) is 9.90 Å². The molecule has 0 saturated carbocycles. The number of methoxy groups -OCH3 is 1. The van der Waals surface area contributed by atoms with Crippen molar-refractivity contribution in [2.75, 3.05) is 40.1 Å². The zero-order chi connectivity index (χ0) is 32.0. The second-order valence-electron chi connectivity index (χ2n) is 11.2. The van der Waals surface area contributed by atoms with Gasteiger partial charge in [-0.15, -0.1) is 0 Å². The van der Waals surface area contributed by atoms with E-state index >= 15 is 0 Å². The van der Waals surface area contributed by atoms with Crippen molar-refractivity contribution in [3.05, 3.63) is 64.2 Å². The lowest BCUT2D eigenvalue weighted by Gasteiger charge is -2.55. The average Bonchev–Trinajstić information content (AvgIpc) is 3.04. The molecule has 0 aromatic heterocycles.